The van der Waals surface area contributed by atoms with Crippen LogP contribution in [0.2, 0.25) is 0 Å². The lowest BCUT2D eigenvalue weighted by atomic mass is 10.3. The predicted molar refractivity (Wildman–Crippen MR) is 57.7 cm³/mol. The molecule has 1 fully saturated rings. The Morgan fingerprint density at radius 1 is 1.57 bits per heavy atom. The highest BCUT2D eigenvalue weighted by Crippen LogP contribution is 2.16. The molecule has 0 spiro atoms. The number of nitrogens with one attached hydrogen (secondary N) is 2. The van der Waals surface area contributed by atoms with E-state index in [1.54, 1.807) is 11.8 Å². The fourth-order valence-electron chi connectivity index (χ4n) is 1.08. The van der Waals surface area contributed by atoms with Crippen molar-refractivity contribution in [2.75, 3.05) is 11.5 Å². The monoisotopic (exact) mass is 236 g/mol. The van der Waals surface area contributed by atoms with Crippen LogP contribution in [0.3, 0.4) is 0 Å². The third-order valence-electron chi connectivity index (χ3n) is 1.86. The quantitative estimate of drug-likeness (QED) is 0.702. The van der Waals surface area contributed by atoms with Gasteiger partial charge in [0.1, 0.15) is 5.38 Å². The molecule has 4 nitrogen and oxygen atoms in total. The summed E-state index contributed by atoms with van der Waals surface area (Å²) in [4.78, 5) is 22.2. The van der Waals surface area contributed by atoms with Crippen molar-refractivity contribution >= 4 is 35.3 Å². The van der Waals surface area contributed by atoms with Crippen molar-refractivity contribution in [3.05, 3.63) is 0 Å². The molecule has 0 aromatic carbocycles. The number of imide groups is 1. The van der Waals surface area contributed by atoms with Crippen molar-refractivity contribution in [3.8, 4) is 0 Å². The van der Waals surface area contributed by atoms with Gasteiger partial charge in [-0.2, -0.15) is 11.8 Å². The predicted octanol–water partition coefficient (Wildman–Crippen LogP) is 0.945. The van der Waals surface area contributed by atoms with Crippen LogP contribution in [-0.4, -0.2) is 34.9 Å². The van der Waals surface area contributed by atoms with Gasteiger partial charge in [0.05, 0.1) is 0 Å². The summed E-state index contributed by atoms with van der Waals surface area (Å²) in [5.41, 5.74) is 0. The molecule has 2 unspecified atom stereocenters. The van der Waals surface area contributed by atoms with Gasteiger partial charge in [0.25, 0.3) is 0 Å². The second kappa shape index (κ2) is 5.46. The molecule has 0 radical (unpaired) electrons. The first-order valence-electron chi connectivity index (χ1n) is 4.43. The molecule has 1 aliphatic rings. The molecule has 0 aromatic rings. The molecule has 1 rings (SSSR count). The number of rotatable bonds is 2. The first kappa shape index (κ1) is 11.7. The highest BCUT2D eigenvalue weighted by Gasteiger charge is 2.19. The van der Waals surface area contributed by atoms with Crippen molar-refractivity contribution in [2.45, 2.75) is 24.8 Å². The number of halogens is 1. The van der Waals surface area contributed by atoms with Gasteiger partial charge in [0.15, 0.2) is 0 Å². The highest BCUT2D eigenvalue weighted by atomic mass is 35.5. The summed E-state index contributed by atoms with van der Waals surface area (Å²) < 4.78 is 0. The lowest BCUT2D eigenvalue weighted by Gasteiger charge is -2.11. The van der Waals surface area contributed by atoms with Crippen molar-refractivity contribution in [2.24, 2.45) is 0 Å². The number of amides is 3. The number of alkyl halides is 1. The average molecular weight is 237 g/mol. The molecule has 0 aliphatic carbocycles. The van der Waals surface area contributed by atoms with Crippen LogP contribution in [-0.2, 0) is 4.79 Å². The Hall–Kier alpha value is -0.420. The lowest BCUT2D eigenvalue weighted by Crippen LogP contribution is -2.46. The van der Waals surface area contributed by atoms with Crippen LogP contribution in [0.15, 0.2) is 0 Å². The van der Waals surface area contributed by atoms with E-state index in [9.17, 15) is 9.59 Å². The van der Waals surface area contributed by atoms with Gasteiger partial charge in [-0.25, -0.2) is 4.79 Å². The van der Waals surface area contributed by atoms with Crippen LogP contribution < -0.4 is 10.6 Å². The van der Waals surface area contributed by atoms with Gasteiger partial charge in [-0.3, -0.25) is 10.1 Å². The third-order valence-corrected chi connectivity index (χ3v) is 3.22. The maximum atomic E-state index is 11.2. The molecular weight excluding hydrogens is 224 g/mol. The Bertz CT molecular complexity index is 229. The Kier molecular flexibility index (Phi) is 4.54. The zero-order valence-corrected chi connectivity index (χ0v) is 9.45. The summed E-state index contributed by atoms with van der Waals surface area (Å²) in [5.74, 6) is 1.51. The highest BCUT2D eigenvalue weighted by molar-refractivity contribution is 7.99. The minimum absolute atomic E-state index is 0.179. The van der Waals surface area contributed by atoms with E-state index in [2.05, 4.69) is 10.6 Å². The van der Waals surface area contributed by atoms with Gasteiger partial charge >= 0.3 is 6.03 Å². The van der Waals surface area contributed by atoms with Crippen LogP contribution in [0.25, 0.3) is 0 Å². The molecule has 3 amide bonds. The maximum absolute atomic E-state index is 11.2. The summed E-state index contributed by atoms with van der Waals surface area (Å²) in [6.45, 7) is 1.52. The second-order valence-corrected chi connectivity index (χ2v) is 4.94. The van der Waals surface area contributed by atoms with E-state index in [0.29, 0.717) is 0 Å². The van der Waals surface area contributed by atoms with Crippen LogP contribution in [0.1, 0.15) is 13.3 Å². The molecule has 1 aliphatic heterocycles. The van der Waals surface area contributed by atoms with Crippen LogP contribution in [0.4, 0.5) is 4.79 Å². The van der Waals surface area contributed by atoms with Gasteiger partial charge in [-0.05, 0) is 19.1 Å². The van der Waals surface area contributed by atoms with Gasteiger partial charge < -0.3 is 5.32 Å². The van der Waals surface area contributed by atoms with E-state index in [1.807, 2.05) is 0 Å². The number of carbonyl (C=O) groups is 2. The number of thioether (sulfide) groups is 1. The smallest absolute Gasteiger partial charge is 0.321 e. The molecule has 0 aromatic heterocycles. The largest absolute Gasteiger partial charge is 0.334 e. The third kappa shape index (κ3) is 3.75. The normalized spacial score (nSPS) is 22.9. The molecule has 0 bridgehead atoms. The topological polar surface area (TPSA) is 58.2 Å². The molecule has 1 saturated heterocycles. The Morgan fingerprint density at radius 3 is 2.79 bits per heavy atom. The molecule has 6 heteroatoms. The van der Waals surface area contributed by atoms with E-state index in [0.717, 1.165) is 17.9 Å². The Labute approximate surface area is 92.1 Å². The minimum atomic E-state index is -0.682. The van der Waals surface area contributed by atoms with E-state index in [4.69, 9.17) is 11.6 Å². The van der Waals surface area contributed by atoms with Crippen LogP contribution in [0.5, 0.6) is 0 Å². The van der Waals surface area contributed by atoms with Gasteiger partial charge in [-0.15, -0.1) is 11.6 Å². The number of hydrogen-bond donors (Lipinski definition) is 2. The van der Waals surface area contributed by atoms with Crippen LogP contribution >= 0.6 is 23.4 Å². The lowest BCUT2D eigenvalue weighted by molar-refractivity contribution is -0.119. The zero-order chi connectivity index (χ0) is 10.6. The van der Waals surface area contributed by atoms with Gasteiger partial charge in [-0.1, -0.05) is 0 Å². The average Bonchev–Trinajstić information content (AvgIpc) is 2.56. The van der Waals surface area contributed by atoms with Crippen molar-refractivity contribution in [3.63, 3.8) is 0 Å². The standard InChI is InChI=1S/C8H13ClN2O2S/c1-5(9)7(12)11-8(13)10-6-2-3-14-4-6/h5-6H,2-4H2,1H3,(H2,10,11,12,13). The fraction of sp³-hybridized carbons (Fsp3) is 0.750. The van der Waals surface area contributed by atoms with E-state index >= 15 is 0 Å². The van der Waals surface area contributed by atoms with E-state index in [-0.39, 0.29) is 6.04 Å². The number of carbonyl (C=O) groups excluding carboxylic acids is 2. The first-order valence-corrected chi connectivity index (χ1v) is 6.02. The van der Waals surface area contributed by atoms with Crippen LogP contribution in [0, 0.1) is 0 Å². The molecule has 2 N–H and O–H groups in total. The summed E-state index contributed by atoms with van der Waals surface area (Å²) >= 11 is 7.29. The molecule has 2 atom stereocenters. The summed E-state index contributed by atoms with van der Waals surface area (Å²) in [5, 5.41) is 4.21. The second-order valence-electron chi connectivity index (χ2n) is 3.14. The van der Waals surface area contributed by atoms with Crippen molar-refractivity contribution in [1.29, 1.82) is 0 Å². The van der Waals surface area contributed by atoms with Crippen molar-refractivity contribution < 1.29 is 9.59 Å². The summed E-state index contributed by atoms with van der Waals surface area (Å²) in [6, 6.07) is -0.270. The molecule has 0 saturated carbocycles. The fourth-order valence-corrected chi connectivity index (χ4v) is 2.29. The number of hydrogen-bond acceptors (Lipinski definition) is 3. The van der Waals surface area contributed by atoms with Gasteiger partial charge in [0, 0.05) is 11.8 Å². The molecular formula is C8H13ClN2O2S. The SMILES string of the molecule is CC(Cl)C(=O)NC(=O)NC1CCSC1. The Morgan fingerprint density at radius 2 is 2.29 bits per heavy atom. The van der Waals surface area contributed by atoms with E-state index < -0.39 is 17.3 Å². The zero-order valence-electron chi connectivity index (χ0n) is 7.88. The molecule has 1 heterocycles. The Balaban J connectivity index is 2.24. The van der Waals surface area contributed by atoms with Gasteiger partial charge in [0.2, 0.25) is 5.91 Å². The first-order chi connectivity index (χ1) is 6.59. The van der Waals surface area contributed by atoms with Crippen molar-refractivity contribution in [1.82, 2.24) is 10.6 Å². The van der Waals surface area contributed by atoms with E-state index in [1.165, 1.54) is 6.92 Å². The summed E-state index contributed by atoms with van der Waals surface area (Å²) in [6.07, 6.45) is 0.961. The molecule has 14 heavy (non-hydrogen) atoms. The number of urea groups is 1. The summed E-state index contributed by atoms with van der Waals surface area (Å²) in [7, 11) is 0. The maximum Gasteiger partial charge on any atom is 0.321 e. The molecule has 80 valence electrons. The minimum Gasteiger partial charge on any atom is -0.334 e.